The van der Waals surface area contributed by atoms with Gasteiger partial charge in [-0.1, -0.05) is 11.6 Å². The van der Waals surface area contributed by atoms with Gasteiger partial charge in [-0.3, -0.25) is 9.36 Å². The highest BCUT2D eigenvalue weighted by Crippen LogP contribution is 2.38. The van der Waals surface area contributed by atoms with Crippen molar-refractivity contribution >= 4 is 34.1 Å². The number of aromatic nitrogens is 2. The van der Waals surface area contributed by atoms with Gasteiger partial charge in [0.1, 0.15) is 5.02 Å². The summed E-state index contributed by atoms with van der Waals surface area (Å²) in [5.74, 6) is 1.25. The maximum Gasteiger partial charge on any atom is 0.262 e. The summed E-state index contributed by atoms with van der Waals surface area (Å²) in [7, 11) is 2.97. The van der Waals surface area contributed by atoms with Crippen molar-refractivity contribution in [1.82, 2.24) is 9.55 Å². The third-order valence-corrected chi connectivity index (χ3v) is 3.56. The first-order chi connectivity index (χ1) is 9.63. The lowest BCUT2D eigenvalue weighted by Crippen LogP contribution is -2.21. The molecule has 0 aliphatic rings. The molecule has 0 unspecified atom stereocenters. The number of benzene rings is 1. The molecule has 0 atom stereocenters. The third kappa shape index (κ3) is 2.55. The van der Waals surface area contributed by atoms with Gasteiger partial charge in [0, 0.05) is 18.5 Å². The van der Waals surface area contributed by atoms with Crippen molar-refractivity contribution in [2.24, 2.45) is 0 Å². The number of nitrogens with zero attached hydrogens (tertiary/aromatic N) is 2. The van der Waals surface area contributed by atoms with Gasteiger partial charge in [0.25, 0.3) is 5.56 Å². The average molecular weight is 317 g/mol. The molecule has 0 saturated carbocycles. The molecule has 2 rings (SSSR count). The van der Waals surface area contributed by atoms with Crippen molar-refractivity contribution in [3.8, 4) is 11.5 Å². The minimum atomic E-state index is -0.217. The van der Waals surface area contributed by atoms with Gasteiger partial charge in [0.15, 0.2) is 11.5 Å². The summed E-state index contributed by atoms with van der Waals surface area (Å²) in [6.45, 7) is 0.496. The fraction of sp³-hybridized carbons (Fsp3) is 0.385. The second-order valence-corrected chi connectivity index (χ2v) is 4.86. The maximum absolute atomic E-state index is 12.4. The molecule has 0 radical (unpaired) electrons. The molecule has 7 heteroatoms. The van der Waals surface area contributed by atoms with E-state index >= 15 is 0 Å². The Morgan fingerprint density at radius 3 is 2.70 bits per heavy atom. The Bertz CT molecular complexity index is 685. The molecule has 0 aliphatic carbocycles. The van der Waals surface area contributed by atoms with Crippen LogP contribution in [0.15, 0.2) is 17.2 Å². The van der Waals surface area contributed by atoms with Crippen molar-refractivity contribution in [2.75, 3.05) is 20.1 Å². The Balaban J connectivity index is 2.71. The van der Waals surface area contributed by atoms with Crippen LogP contribution < -0.4 is 15.0 Å². The molecule has 0 N–H and O–H groups in total. The van der Waals surface area contributed by atoms with Gasteiger partial charge in [0.2, 0.25) is 0 Å². The zero-order valence-electron chi connectivity index (χ0n) is 11.2. The lowest BCUT2D eigenvalue weighted by molar-refractivity contribution is 0.356. The predicted octanol–water partition coefficient (Wildman–Crippen LogP) is 2.70. The number of alkyl halides is 1. The standard InChI is InChI=1S/C13H14Cl2N2O3/c1-19-9-6-8-10(11(15)12(9)20-2)13(18)17(7-16-8)5-3-4-14/h6-7H,3-5H2,1-2H3. The monoisotopic (exact) mass is 316 g/mol. The number of methoxy groups -OCH3 is 2. The smallest absolute Gasteiger partial charge is 0.262 e. The Morgan fingerprint density at radius 2 is 2.10 bits per heavy atom. The lowest BCUT2D eigenvalue weighted by atomic mass is 10.2. The average Bonchev–Trinajstić information content (AvgIpc) is 2.46. The molecule has 0 aliphatic heterocycles. The Labute approximate surface area is 126 Å². The molecule has 0 amide bonds. The van der Waals surface area contributed by atoms with E-state index < -0.39 is 0 Å². The lowest BCUT2D eigenvalue weighted by Gasteiger charge is -2.12. The van der Waals surface area contributed by atoms with Crippen molar-refractivity contribution in [1.29, 1.82) is 0 Å². The summed E-state index contributed by atoms with van der Waals surface area (Å²) >= 11 is 11.9. The molecular formula is C13H14Cl2N2O3. The molecule has 1 aromatic heterocycles. The van der Waals surface area contributed by atoms with Crippen LogP contribution in [-0.4, -0.2) is 29.7 Å². The number of ether oxygens (including phenoxy) is 2. The first-order valence-electron chi connectivity index (χ1n) is 5.99. The normalized spacial score (nSPS) is 10.8. The van der Waals surface area contributed by atoms with Crippen LogP contribution in [0, 0.1) is 0 Å². The van der Waals surface area contributed by atoms with Gasteiger partial charge < -0.3 is 9.47 Å². The van der Waals surface area contributed by atoms with Crippen LogP contribution in [0.3, 0.4) is 0 Å². The number of rotatable bonds is 5. The first kappa shape index (κ1) is 14.9. The van der Waals surface area contributed by atoms with Crippen LogP contribution in [0.2, 0.25) is 5.02 Å². The van der Waals surface area contributed by atoms with Crippen molar-refractivity contribution in [3.05, 3.63) is 27.8 Å². The van der Waals surface area contributed by atoms with E-state index in [2.05, 4.69) is 4.98 Å². The fourth-order valence-corrected chi connectivity index (χ4v) is 2.43. The molecule has 20 heavy (non-hydrogen) atoms. The van der Waals surface area contributed by atoms with Gasteiger partial charge in [-0.05, 0) is 6.42 Å². The zero-order valence-corrected chi connectivity index (χ0v) is 12.7. The van der Waals surface area contributed by atoms with Crippen LogP contribution in [0.4, 0.5) is 0 Å². The SMILES string of the molecule is COc1cc2ncn(CCCCl)c(=O)c2c(Cl)c1OC. The third-order valence-electron chi connectivity index (χ3n) is 2.93. The number of hydrogen-bond acceptors (Lipinski definition) is 4. The minimum absolute atomic E-state index is 0.208. The number of hydrogen-bond donors (Lipinski definition) is 0. The molecule has 1 aromatic carbocycles. The van der Waals surface area contributed by atoms with E-state index in [1.54, 1.807) is 6.07 Å². The Hall–Kier alpha value is -1.46. The summed E-state index contributed by atoms with van der Waals surface area (Å²) in [4.78, 5) is 16.7. The molecule has 0 fully saturated rings. The van der Waals surface area contributed by atoms with Gasteiger partial charge in [0.05, 0.1) is 31.4 Å². The highest BCUT2D eigenvalue weighted by atomic mass is 35.5. The molecule has 2 aromatic rings. The Kier molecular flexibility index (Phi) is 4.73. The summed E-state index contributed by atoms with van der Waals surface area (Å²) in [6.07, 6.45) is 2.17. The summed E-state index contributed by atoms with van der Waals surface area (Å²) in [5.41, 5.74) is 0.255. The number of aryl methyl sites for hydroxylation is 1. The number of fused-ring (bicyclic) bond motifs is 1. The highest BCUT2D eigenvalue weighted by molar-refractivity contribution is 6.37. The topological polar surface area (TPSA) is 53.4 Å². The van der Waals surface area contributed by atoms with Crippen molar-refractivity contribution in [2.45, 2.75) is 13.0 Å². The van der Waals surface area contributed by atoms with E-state index in [4.69, 9.17) is 32.7 Å². The highest BCUT2D eigenvalue weighted by Gasteiger charge is 2.17. The maximum atomic E-state index is 12.4. The van der Waals surface area contributed by atoms with E-state index in [-0.39, 0.29) is 10.6 Å². The molecule has 0 saturated heterocycles. The van der Waals surface area contributed by atoms with Crippen LogP contribution in [0.25, 0.3) is 10.9 Å². The quantitative estimate of drug-likeness (QED) is 0.796. The molecule has 108 valence electrons. The van der Waals surface area contributed by atoms with Gasteiger partial charge in [-0.15, -0.1) is 11.6 Å². The van der Waals surface area contributed by atoms with Gasteiger partial charge in [-0.2, -0.15) is 0 Å². The first-order valence-corrected chi connectivity index (χ1v) is 6.90. The summed E-state index contributed by atoms with van der Waals surface area (Å²) in [5, 5.41) is 0.529. The van der Waals surface area contributed by atoms with E-state index in [1.807, 2.05) is 0 Å². The van der Waals surface area contributed by atoms with E-state index in [0.29, 0.717) is 41.2 Å². The Morgan fingerprint density at radius 1 is 1.35 bits per heavy atom. The van der Waals surface area contributed by atoms with E-state index in [9.17, 15) is 4.79 Å². The minimum Gasteiger partial charge on any atom is -0.493 e. The summed E-state index contributed by atoms with van der Waals surface area (Å²) < 4.78 is 11.9. The van der Waals surface area contributed by atoms with Crippen LogP contribution in [0.1, 0.15) is 6.42 Å². The van der Waals surface area contributed by atoms with Crippen molar-refractivity contribution in [3.63, 3.8) is 0 Å². The van der Waals surface area contributed by atoms with Gasteiger partial charge in [-0.25, -0.2) is 4.98 Å². The van der Waals surface area contributed by atoms with Crippen LogP contribution in [0.5, 0.6) is 11.5 Å². The predicted molar refractivity (Wildman–Crippen MR) is 79.5 cm³/mol. The molecule has 5 nitrogen and oxygen atoms in total. The molecule has 0 bridgehead atoms. The van der Waals surface area contributed by atoms with Crippen LogP contribution >= 0.6 is 23.2 Å². The van der Waals surface area contributed by atoms with Crippen molar-refractivity contribution < 1.29 is 9.47 Å². The number of halogens is 2. The van der Waals surface area contributed by atoms with E-state index in [0.717, 1.165) is 0 Å². The van der Waals surface area contributed by atoms with Crippen LogP contribution in [-0.2, 0) is 6.54 Å². The van der Waals surface area contributed by atoms with Gasteiger partial charge >= 0.3 is 0 Å². The molecular weight excluding hydrogens is 303 g/mol. The fourth-order valence-electron chi connectivity index (χ4n) is 1.96. The molecule has 1 heterocycles. The van der Waals surface area contributed by atoms with E-state index in [1.165, 1.54) is 25.1 Å². The largest absolute Gasteiger partial charge is 0.493 e. The zero-order chi connectivity index (χ0) is 14.7. The summed E-state index contributed by atoms with van der Waals surface area (Å²) in [6, 6.07) is 1.63. The second-order valence-electron chi connectivity index (χ2n) is 4.11. The second kappa shape index (κ2) is 6.33. The molecule has 0 spiro atoms.